The van der Waals surface area contributed by atoms with Crippen molar-refractivity contribution in [3.8, 4) is 22.3 Å². The molecule has 0 bridgehead atoms. The number of fused-ring (bicyclic) bond motifs is 7. The molecule has 1 nitrogen and oxygen atoms in total. The molecule has 0 amide bonds. The summed E-state index contributed by atoms with van der Waals surface area (Å²) >= 11 is 1.86. The van der Waals surface area contributed by atoms with Gasteiger partial charge in [0, 0.05) is 37.2 Å². The molecule has 0 aliphatic rings. The van der Waals surface area contributed by atoms with Gasteiger partial charge < -0.3 is 4.90 Å². The Hall–Kier alpha value is -6.22. The zero-order valence-corrected chi connectivity index (χ0v) is 28.1. The van der Waals surface area contributed by atoms with Gasteiger partial charge in [0.05, 0.1) is 0 Å². The quantitative estimate of drug-likeness (QED) is 0.167. The molecule has 0 saturated heterocycles. The number of hydrogen-bond acceptors (Lipinski definition) is 2. The molecular formula is C48H31NS. The van der Waals surface area contributed by atoms with E-state index >= 15 is 0 Å². The van der Waals surface area contributed by atoms with E-state index < -0.39 is 0 Å². The van der Waals surface area contributed by atoms with Crippen molar-refractivity contribution in [1.82, 2.24) is 0 Å². The van der Waals surface area contributed by atoms with Gasteiger partial charge in [0.25, 0.3) is 0 Å². The Kier molecular flexibility index (Phi) is 6.75. The largest absolute Gasteiger partial charge is 0.310 e. The average molecular weight is 654 g/mol. The van der Waals surface area contributed by atoms with Crippen LogP contribution in [0.3, 0.4) is 0 Å². The number of benzene rings is 9. The molecular weight excluding hydrogens is 623 g/mol. The van der Waals surface area contributed by atoms with Crippen LogP contribution in [-0.2, 0) is 0 Å². The fourth-order valence-electron chi connectivity index (χ4n) is 7.57. The van der Waals surface area contributed by atoms with Crippen LogP contribution >= 0.6 is 11.3 Å². The minimum atomic E-state index is 1.14. The number of rotatable bonds is 5. The lowest BCUT2D eigenvalue weighted by atomic mass is 9.92. The molecule has 0 atom stereocenters. The van der Waals surface area contributed by atoms with E-state index in [4.69, 9.17) is 0 Å². The third-order valence-electron chi connectivity index (χ3n) is 9.99. The number of hydrogen-bond donors (Lipinski definition) is 0. The summed E-state index contributed by atoms with van der Waals surface area (Å²) < 4.78 is 2.61. The van der Waals surface area contributed by atoms with Crippen LogP contribution in [0.25, 0.3) is 74.7 Å². The Morgan fingerprint density at radius 2 is 0.840 bits per heavy atom. The smallest absolute Gasteiger partial charge is 0.0468 e. The van der Waals surface area contributed by atoms with Gasteiger partial charge in [-0.1, -0.05) is 115 Å². The second-order valence-corrected chi connectivity index (χ2v) is 14.1. The summed E-state index contributed by atoms with van der Waals surface area (Å²) in [6.07, 6.45) is 0. The molecule has 0 aliphatic heterocycles. The van der Waals surface area contributed by atoms with Crippen LogP contribution in [-0.4, -0.2) is 0 Å². The van der Waals surface area contributed by atoms with Gasteiger partial charge >= 0.3 is 0 Å². The molecule has 0 N–H and O–H groups in total. The summed E-state index contributed by atoms with van der Waals surface area (Å²) in [7, 11) is 0. The van der Waals surface area contributed by atoms with E-state index in [-0.39, 0.29) is 0 Å². The molecule has 0 spiro atoms. The first-order valence-corrected chi connectivity index (χ1v) is 17.9. The van der Waals surface area contributed by atoms with Crippen molar-refractivity contribution in [3.63, 3.8) is 0 Å². The molecule has 50 heavy (non-hydrogen) atoms. The topological polar surface area (TPSA) is 3.24 Å². The van der Waals surface area contributed by atoms with Crippen molar-refractivity contribution >= 4 is 80.9 Å². The Labute approximate surface area is 294 Å². The fourth-order valence-corrected chi connectivity index (χ4v) is 8.64. The van der Waals surface area contributed by atoms with Gasteiger partial charge in [0.15, 0.2) is 0 Å². The minimum absolute atomic E-state index is 1.14. The van der Waals surface area contributed by atoms with Gasteiger partial charge in [-0.2, -0.15) is 0 Å². The van der Waals surface area contributed by atoms with E-state index in [9.17, 15) is 0 Å². The summed E-state index contributed by atoms with van der Waals surface area (Å²) in [5.41, 5.74) is 8.43. The monoisotopic (exact) mass is 653 g/mol. The maximum Gasteiger partial charge on any atom is 0.0468 e. The van der Waals surface area contributed by atoms with Gasteiger partial charge in [0.1, 0.15) is 0 Å². The minimum Gasteiger partial charge on any atom is -0.310 e. The molecule has 10 rings (SSSR count). The molecule has 10 aromatic rings. The van der Waals surface area contributed by atoms with E-state index in [0.29, 0.717) is 0 Å². The van der Waals surface area contributed by atoms with E-state index in [1.54, 1.807) is 0 Å². The number of thiophene rings is 1. The van der Waals surface area contributed by atoms with Crippen LogP contribution in [0.2, 0.25) is 0 Å². The van der Waals surface area contributed by atoms with Gasteiger partial charge in [0.2, 0.25) is 0 Å². The molecule has 2 heteroatoms. The Morgan fingerprint density at radius 3 is 1.58 bits per heavy atom. The normalized spacial score (nSPS) is 11.6. The highest BCUT2D eigenvalue weighted by Crippen LogP contribution is 2.42. The zero-order valence-electron chi connectivity index (χ0n) is 27.3. The fraction of sp³-hybridized carbons (Fsp3) is 0. The van der Waals surface area contributed by atoms with Crippen LogP contribution in [0, 0.1) is 0 Å². The number of para-hydroxylation sites is 2. The van der Waals surface area contributed by atoms with Gasteiger partial charge in [-0.15, -0.1) is 11.3 Å². The lowest BCUT2D eigenvalue weighted by Gasteiger charge is -2.25. The van der Waals surface area contributed by atoms with Crippen LogP contribution in [0.15, 0.2) is 188 Å². The summed E-state index contributed by atoms with van der Waals surface area (Å²) in [4.78, 5) is 2.34. The van der Waals surface area contributed by atoms with Crippen molar-refractivity contribution in [2.24, 2.45) is 0 Å². The first-order chi connectivity index (χ1) is 24.8. The summed E-state index contributed by atoms with van der Waals surface area (Å²) in [5, 5.41) is 10.2. The van der Waals surface area contributed by atoms with Crippen LogP contribution < -0.4 is 4.90 Å². The van der Waals surface area contributed by atoms with Crippen LogP contribution in [0.1, 0.15) is 0 Å². The van der Waals surface area contributed by atoms with Crippen molar-refractivity contribution < 1.29 is 0 Å². The summed E-state index contributed by atoms with van der Waals surface area (Å²) in [6.45, 7) is 0. The third kappa shape index (κ3) is 4.84. The standard InChI is InChI=1S/C48H31NS/c1-3-12-38(13-4-1)49(39-14-5-2-6-15-39)40-24-26-48-46(31-40)45-29-35(23-25-47(45)50-48)33-19-20-34-28-37(22-21-32(34)27-33)44-30-36-11-7-8-16-41(36)42-17-9-10-18-43(42)44/h1-31H. The van der Waals surface area contributed by atoms with E-state index in [1.165, 1.54) is 74.7 Å². The lowest BCUT2D eigenvalue weighted by Crippen LogP contribution is -2.09. The Balaban J connectivity index is 1.05. The average Bonchev–Trinajstić information content (AvgIpc) is 3.55. The molecule has 0 radical (unpaired) electrons. The molecule has 0 unspecified atom stereocenters. The van der Waals surface area contributed by atoms with Gasteiger partial charge in [-0.3, -0.25) is 0 Å². The maximum absolute atomic E-state index is 2.38. The molecule has 0 fully saturated rings. The highest BCUT2D eigenvalue weighted by Gasteiger charge is 2.15. The van der Waals surface area contributed by atoms with Crippen molar-refractivity contribution in [2.75, 3.05) is 4.90 Å². The second kappa shape index (κ2) is 11.7. The molecule has 1 heterocycles. The molecule has 234 valence electrons. The highest BCUT2D eigenvalue weighted by atomic mass is 32.1. The molecule has 0 saturated carbocycles. The predicted molar refractivity (Wildman–Crippen MR) is 217 cm³/mol. The summed E-state index contributed by atoms with van der Waals surface area (Å²) in [6, 6.07) is 68.7. The van der Waals surface area contributed by atoms with E-state index in [2.05, 4.69) is 193 Å². The maximum atomic E-state index is 2.38. The molecule has 0 aliphatic carbocycles. The predicted octanol–water partition coefficient (Wildman–Crippen LogP) is 14.3. The van der Waals surface area contributed by atoms with Crippen LogP contribution in [0.4, 0.5) is 17.1 Å². The lowest BCUT2D eigenvalue weighted by molar-refractivity contribution is 1.29. The number of anilines is 3. The summed E-state index contributed by atoms with van der Waals surface area (Å²) in [5.74, 6) is 0. The van der Waals surface area contributed by atoms with Crippen LogP contribution in [0.5, 0.6) is 0 Å². The second-order valence-electron chi connectivity index (χ2n) is 13.0. The zero-order chi connectivity index (χ0) is 33.0. The molecule has 1 aromatic heterocycles. The highest BCUT2D eigenvalue weighted by molar-refractivity contribution is 7.25. The van der Waals surface area contributed by atoms with Crippen molar-refractivity contribution in [3.05, 3.63) is 188 Å². The van der Waals surface area contributed by atoms with E-state index in [0.717, 1.165) is 17.1 Å². The van der Waals surface area contributed by atoms with Crippen molar-refractivity contribution in [1.29, 1.82) is 0 Å². The number of nitrogens with zero attached hydrogens (tertiary/aromatic N) is 1. The van der Waals surface area contributed by atoms with Crippen molar-refractivity contribution in [2.45, 2.75) is 0 Å². The first kappa shape index (κ1) is 28.8. The molecule has 9 aromatic carbocycles. The SMILES string of the molecule is c1ccc(N(c2ccccc2)c2ccc3sc4ccc(-c5ccc6cc(-c7cc8ccccc8c8ccccc78)ccc6c5)cc4c3c2)cc1. The Morgan fingerprint density at radius 1 is 0.300 bits per heavy atom. The van der Waals surface area contributed by atoms with E-state index in [1.807, 2.05) is 11.3 Å². The first-order valence-electron chi connectivity index (χ1n) is 17.1. The Bertz CT molecular complexity index is 2830. The van der Waals surface area contributed by atoms with Gasteiger partial charge in [-0.25, -0.2) is 0 Å². The van der Waals surface area contributed by atoms with Gasteiger partial charge in [-0.05, 0) is 127 Å². The third-order valence-corrected chi connectivity index (χ3v) is 11.1.